The van der Waals surface area contributed by atoms with Crippen molar-refractivity contribution in [3.05, 3.63) is 29.8 Å². The predicted octanol–water partition coefficient (Wildman–Crippen LogP) is 2.21. The smallest absolute Gasteiger partial charge is 0.211 e. The minimum Gasteiger partial charge on any atom is -0.211 e. The van der Waals surface area contributed by atoms with Crippen molar-refractivity contribution in [2.45, 2.75) is 31.6 Å². The van der Waals surface area contributed by atoms with Gasteiger partial charge in [0.25, 0.3) is 0 Å². The Balaban J connectivity index is 2.61. The summed E-state index contributed by atoms with van der Waals surface area (Å²) in [6.07, 6.45) is 1.28. The molecule has 1 unspecified atom stereocenters. The average molecular weight is 266 g/mol. The Labute approximate surface area is 109 Å². The molecule has 0 bridgehead atoms. The van der Waals surface area contributed by atoms with Gasteiger partial charge in [-0.1, -0.05) is 24.6 Å². The van der Waals surface area contributed by atoms with E-state index in [0.29, 0.717) is 13.0 Å². The number of nitrogens with zero attached hydrogens (tertiary/aromatic N) is 1. The Hall–Kier alpha value is -1.38. The molecule has 0 saturated carbocycles. The lowest BCUT2D eigenvalue weighted by atomic mass is 10.1. The van der Waals surface area contributed by atoms with Gasteiger partial charge in [0.15, 0.2) is 0 Å². The highest BCUT2D eigenvalue weighted by Crippen LogP contribution is 2.11. The molecule has 1 N–H and O–H groups in total. The van der Waals surface area contributed by atoms with E-state index in [1.165, 1.54) is 0 Å². The normalized spacial score (nSPS) is 12.9. The quantitative estimate of drug-likeness (QED) is 0.858. The van der Waals surface area contributed by atoms with Crippen LogP contribution in [0, 0.1) is 24.2 Å². The van der Waals surface area contributed by atoms with Crippen LogP contribution in [0.5, 0.6) is 0 Å². The first-order valence-electron chi connectivity index (χ1n) is 5.95. The third-order valence-corrected chi connectivity index (χ3v) is 4.27. The van der Waals surface area contributed by atoms with Crippen LogP contribution >= 0.6 is 0 Å². The monoisotopic (exact) mass is 266 g/mol. The Bertz CT molecular complexity index is 515. The molecule has 0 amide bonds. The molecule has 0 fully saturated rings. The highest BCUT2D eigenvalue weighted by molar-refractivity contribution is 7.89. The van der Waals surface area contributed by atoms with Gasteiger partial charge in [-0.15, -0.1) is 0 Å². The van der Waals surface area contributed by atoms with Crippen molar-refractivity contribution in [2.75, 3.05) is 6.54 Å². The van der Waals surface area contributed by atoms with Gasteiger partial charge in [0.05, 0.1) is 11.0 Å². The van der Waals surface area contributed by atoms with Crippen molar-refractivity contribution in [3.8, 4) is 6.07 Å². The lowest BCUT2D eigenvalue weighted by Gasteiger charge is -2.08. The van der Waals surface area contributed by atoms with E-state index in [9.17, 15) is 8.42 Å². The van der Waals surface area contributed by atoms with Crippen molar-refractivity contribution in [1.29, 1.82) is 5.26 Å². The number of sulfonamides is 1. The number of nitrogens with one attached hydrogen (secondary N) is 1. The molecule has 18 heavy (non-hydrogen) atoms. The molecule has 0 spiro atoms. The molecule has 0 aliphatic heterocycles. The summed E-state index contributed by atoms with van der Waals surface area (Å²) in [5.74, 6) is -0.0919. The van der Waals surface area contributed by atoms with Crippen LogP contribution < -0.4 is 4.72 Å². The number of aryl methyl sites for hydroxylation is 1. The first kappa shape index (κ1) is 14.7. The van der Waals surface area contributed by atoms with Crippen LogP contribution in [-0.2, 0) is 10.0 Å². The van der Waals surface area contributed by atoms with Crippen molar-refractivity contribution in [2.24, 2.45) is 5.92 Å². The first-order chi connectivity index (χ1) is 8.49. The van der Waals surface area contributed by atoms with Crippen molar-refractivity contribution in [3.63, 3.8) is 0 Å². The zero-order valence-corrected chi connectivity index (χ0v) is 11.5. The second kappa shape index (κ2) is 6.53. The maximum Gasteiger partial charge on any atom is 0.240 e. The third-order valence-electron chi connectivity index (χ3n) is 2.79. The summed E-state index contributed by atoms with van der Waals surface area (Å²) in [6, 6.07) is 8.84. The molecule has 5 heteroatoms. The fourth-order valence-corrected chi connectivity index (χ4v) is 2.58. The fourth-order valence-electron chi connectivity index (χ4n) is 1.53. The van der Waals surface area contributed by atoms with Crippen LogP contribution in [0.1, 0.15) is 25.3 Å². The second-order valence-corrected chi connectivity index (χ2v) is 6.00. The first-order valence-corrected chi connectivity index (χ1v) is 7.44. The number of hydrogen-bond acceptors (Lipinski definition) is 3. The summed E-state index contributed by atoms with van der Waals surface area (Å²) < 4.78 is 26.3. The molecule has 4 nitrogen and oxygen atoms in total. The van der Waals surface area contributed by atoms with Crippen LogP contribution in [0.4, 0.5) is 0 Å². The van der Waals surface area contributed by atoms with E-state index in [1.807, 2.05) is 13.8 Å². The van der Waals surface area contributed by atoms with Crippen molar-refractivity contribution in [1.82, 2.24) is 4.72 Å². The van der Waals surface area contributed by atoms with E-state index in [-0.39, 0.29) is 10.8 Å². The number of hydrogen-bond donors (Lipinski definition) is 1. The highest BCUT2D eigenvalue weighted by Gasteiger charge is 2.13. The third kappa shape index (κ3) is 4.13. The van der Waals surface area contributed by atoms with Crippen molar-refractivity contribution >= 4 is 10.0 Å². The molecule has 98 valence electrons. The molecule has 0 aromatic heterocycles. The van der Waals surface area contributed by atoms with E-state index >= 15 is 0 Å². The molecule has 1 rings (SSSR count). The average Bonchev–Trinajstić information content (AvgIpc) is 2.35. The lowest BCUT2D eigenvalue weighted by Crippen LogP contribution is -2.26. The standard InChI is InChI=1S/C13H18N2O2S/c1-3-12(10-14)8-9-15-18(16,17)13-6-4-11(2)5-7-13/h4-7,12,15H,3,8-9H2,1-2H3. The maximum absolute atomic E-state index is 11.9. The zero-order chi connectivity index (χ0) is 13.6. The zero-order valence-electron chi connectivity index (χ0n) is 10.7. The summed E-state index contributed by atoms with van der Waals surface area (Å²) in [5.41, 5.74) is 1.02. The molecule has 0 heterocycles. The fraction of sp³-hybridized carbons (Fsp3) is 0.462. The Morgan fingerprint density at radius 2 is 1.94 bits per heavy atom. The Kier molecular flexibility index (Phi) is 5.32. The highest BCUT2D eigenvalue weighted by atomic mass is 32.2. The molecular weight excluding hydrogens is 248 g/mol. The minimum atomic E-state index is -3.45. The van der Waals surface area contributed by atoms with Crippen LogP contribution in [-0.4, -0.2) is 15.0 Å². The lowest BCUT2D eigenvalue weighted by molar-refractivity contribution is 0.551. The van der Waals surface area contributed by atoms with Gasteiger partial charge in [0.1, 0.15) is 0 Å². The molecule has 1 aromatic carbocycles. The summed E-state index contributed by atoms with van der Waals surface area (Å²) in [5, 5.41) is 8.78. The van der Waals surface area contributed by atoms with Gasteiger partial charge in [-0.05, 0) is 31.9 Å². The van der Waals surface area contributed by atoms with Gasteiger partial charge in [-0.3, -0.25) is 0 Å². The van der Waals surface area contributed by atoms with Crippen LogP contribution in [0.3, 0.4) is 0 Å². The second-order valence-electron chi connectivity index (χ2n) is 4.23. The summed E-state index contributed by atoms with van der Waals surface area (Å²) >= 11 is 0. The SMILES string of the molecule is CCC(C#N)CCNS(=O)(=O)c1ccc(C)cc1. The summed E-state index contributed by atoms with van der Waals surface area (Å²) in [6.45, 7) is 4.12. The van der Waals surface area contributed by atoms with Gasteiger partial charge in [0, 0.05) is 12.5 Å². The molecule has 1 aromatic rings. The molecule has 0 aliphatic carbocycles. The molecule has 0 aliphatic rings. The molecular formula is C13H18N2O2S. The van der Waals surface area contributed by atoms with Gasteiger partial charge in [-0.2, -0.15) is 5.26 Å². The number of benzene rings is 1. The van der Waals surface area contributed by atoms with Crippen molar-refractivity contribution < 1.29 is 8.42 Å². The molecule has 0 radical (unpaired) electrons. The van der Waals surface area contributed by atoms with Gasteiger partial charge < -0.3 is 0 Å². The Morgan fingerprint density at radius 3 is 2.44 bits per heavy atom. The van der Waals surface area contributed by atoms with E-state index < -0.39 is 10.0 Å². The topological polar surface area (TPSA) is 70.0 Å². The van der Waals surface area contributed by atoms with E-state index in [4.69, 9.17) is 5.26 Å². The van der Waals surface area contributed by atoms with Gasteiger partial charge >= 0.3 is 0 Å². The summed E-state index contributed by atoms with van der Waals surface area (Å²) in [4.78, 5) is 0.262. The molecule has 0 saturated heterocycles. The molecule has 1 atom stereocenters. The predicted molar refractivity (Wildman–Crippen MR) is 70.4 cm³/mol. The minimum absolute atomic E-state index is 0.0919. The van der Waals surface area contributed by atoms with E-state index in [1.54, 1.807) is 24.3 Å². The summed E-state index contributed by atoms with van der Waals surface area (Å²) in [7, 11) is -3.45. The largest absolute Gasteiger partial charge is 0.240 e. The maximum atomic E-state index is 11.9. The number of rotatable bonds is 6. The van der Waals surface area contributed by atoms with Gasteiger partial charge in [-0.25, -0.2) is 13.1 Å². The Morgan fingerprint density at radius 1 is 1.33 bits per heavy atom. The number of nitriles is 1. The van der Waals surface area contributed by atoms with Crippen LogP contribution in [0.15, 0.2) is 29.2 Å². The van der Waals surface area contributed by atoms with E-state index in [2.05, 4.69) is 10.8 Å². The van der Waals surface area contributed by atoms with E-state index in [0.717, 1.165) is 12.0 Å². The van der Waals surface area contributed by atoms with Crippen LogP contribution in [0.2, 0.25) is 0 Å². The van der Waals surface area contributed by atoms with Gasteiger partial charge in [0.2, 0.25) is 10.0 Å². The van der Waals surface area contributed by atoms with Crippen LogP contribution in [0.25, 0.3) is 0 Å².